The Bertz CT molecular complexity index is 702. The average molecular weight is 284 g/mol. The van der Waals surface area contributed by atoms with Crippen molar-refractivity contribution in [3.63, 3.8) is 0 Å². The van der Waals surface area contributed by atoms with Crippen molar-refractivity contribution in [2.45, 2.75) is 19.4 Å². The number of benzene rings is 2. The highest BCUT2D eigenvalue weighted by Crippen LogP contribution is 2.23. The molecule has 0 spiro atoms. The van der Waals surface area contributed by atoms with Crippen LogP contribution < -0.4 is 5.46 Å². The highest BCUT2D eigenvalue weighted by Gasteiger charge is 2.32. The second kappa shape index (κ2) is 5.43. The molecule has 1 unspecified atom stereocenters. The number of carbonyl (C=O) groups excluding carboxylic acids is 1. The lowest BCUT2D eigenvalue weighted by atomic mass is 9.78. The van der Waals surface area contributed by atoms with Gasteiger partial charge in [0.2, 0.25) is 0 Å². The van der Waals surface area contributed by atoms with Gasteiger partial charge < -0.3 is 9.68 Å². The molecule has 1 N–H and O–H groups in total. The minimum Gasteiger partial charge on any atom is -0.423 e. The van der Waals surface area contributed by atoms with Crippen LogP contribution in [-0.4, -0.2) is 17.9 Å². The quantitative estimate of drug-likeness (QED) is 0.693. The molecule has 3 rings (SSSR count). The molecule has 1 aliphatic heterocycles. The smallest absolute Gasteiger partial charge is 0.423 e. The van der Waals surface area contributed by atoms with E-state index in [-0.39, 0.29) is 23.9 Å². The molecule has 1 atom stereocenters. The SMILES string of the molecule is CC1OB(O)c2cc(CC(=O)c3ccccc3F)ccc21. The zero-order valence-electron chi connectivity index (χ0n) is 11.5. The lowest BCUT2D eigenvalue weighted by Crippen LogP contribution is -2.28. The normalized spacial score (nSPS) is 16.9. The molecule has 5 heteroatoms. The fourth-order valence-corrected chi connectivity index (χ4v) is 2.63. The van der Waals surface area contributed by atoms with E-state index in [0.29, 0.717) is 5.46 Å². The summed E-state index contributed by atoms with van der Waals surface area (Å²) in [4.78, 5) is 12.1. The minimum atomic E-state index is -0.960. The van der Waals surface area contributed by atoms with Crippen LogP contribution in [0.1, 0.15) is 34.5 Å². The van der Waals surface area contributed by atoms with E-state index in [9.17, 15) is 14.2 Å². The molecule has 21 heavy (non-hydrogen) atoms. The van der Waals surface area contributed by atoms with Crippen LogP contribution in [0.2, 0.25) is 0 Å². The number of ketones is 1. The predicted octanol–water partition coefficient (Wildman–Crippen LogP) is 2.03. The lowest BCUT2D eigenvalue weighted by Gasteiger charge is -2.06. The molecule has 0 bridgehead atoms. The van der Waals surface area contributed by atoms with Crippen molar-refractivity contribution >= 4 is 18.4 Å². The van der Waals surface area contributed by atoms with E-state index < -0.39 is 12.9 Å². The van der Waals surface area contributed by atoms with Crippen LogP contribution in [0.25, 0.3) is 0 Å². The second-order valence-electron chi connectivity index (χ2n) is 5.17. The molecule has 0 fully saturated rings. The molecule has 3 nitrogen and oxygen atoms in total. The van der Waals surface area contributed by atoms with Gasteiger partial charge in [0.15, 0.2) is 5.78 Å². The summed E-state index contributed by atoms with van der Waals surface area (Å²) in [6.45, 7) is 1.86. The van der Waals surface area contributed by atoms with Crippen LogP contribution in [0.4, 0.5) is 4.39 Å². The molecular weight excluding hydrogens is 270 g/mol. The molecule has 0 saturated carbocycles. The second-order valence-corrected chi connectivity index (χ2v) is 5.17. The van der Waals surface area contributed by atoms with Crippen molar-refractivity contribution in [1.82, 2.24) is 0 Å². The van der Waals surface area contributed by atoms with Gasteiger partial charge in [-0.1, -0.05) is 30.3 Å². The third-order valence-electron chi connectivity index (χ3n) is 3.73. The summed E-state index contributed by atoms with van der Waals surface area (Å²) in [5.41, 5.74) is 2.42. The van der Waals surface area contributed by atoms with E-state index >= 15 is 0 Å². The van der Waals surface area contributed by atoms with Gasteiger partial charge >= 0.3 is 7.12 Å². The largest absolute Gasteiger partial charge is 0.491 e. The van der Waals surface area contributed by atoms with Crippen LogP contribution in [-0.2, 0) is 11.1 Å². The zero-order chi connectivity index (χ0) is 15.0. The summed E-state index contributed by atoms with van der Waals surface area (Å²) in [5, 5.41) is 9.80. The van der Waals surface area contributed by atoms with Gasteiger partial charge in [0.05, 0.1) is 11.7 Å². The Labute approximate surface area is 122 Å². The van der Waals surface area contributed by atoms with E-state index in [4.69, 9.17) is 4.65 Å². The molecule has 0 radical (unpaired) electrons. The summed E-state index contributed by atoms with van der Waals surface area (Å²) in [5.74, 6) is -0.796. The van der Waals surface area contributed by atoms with Crippen LogP contribution >= 0.6 is 0 Å². The van der Waals surface area contributed by atoms with Gasteiger partial charge in [-0.2, -0.15) is 0 Å². The number of carbonyl (C=O) groups is 1. The Morgan fingerprint density at radius 1 is 1.33 bits per heavy atom. The highest BCUT2D eigenvalue weighted by molar-refractivity contribution is 6.61. The first kappa shape index (κ1) is 14.0. The minimum absolute atomic E-state index is 0.0863. The molecule has 0 amide bonds. The molecule has 106 valence electrons. The topological polar surface area (TPSA) is 46.5 Å². The molecule has 0 aromatic heterocycles. The molecular formula is C16H14BFO3. The highest BCUT2D eigenvalue weighted by atomic mass is 19.1. The van der Waals surface area contributed by atoms with E-state index in [0.717, 1.165) is 11.1 Å². The van der Waals surface area contributed by atoms with Crippen molar-refractivity contribution in [2.24, 2.45) is 0 Å². The van der Waals surface area contributed by atoms with Gasteiger partial charge in [0.25, 0.3) is 0 Å². The Morgan fingerprint density at radius 2 is 2.10 bits per heavy atom. The number of hydrogen-bond donors (Lipinski definition) is 1. The van der Waals surface area contributed by atoms with Gasteiger partial charge in [-0.3, -0.25) is 4.79 Å². The summed E-state index contributed by atoms with van der Waals surface area (Å²) in [6.07, 6.45) is -0.0682. The predicted molar refractivity (Wildman–Crippen MR) is 78.0 cm³/mol. The van der Waals surface area contributed by atoms with Crippen LogP contribution in [0.15, 0.2) is 42.5 Å². The standard InChI is InChI=1S/C16H14BFO3/c1-10-12-7-6-11(8-14(12)17(20)21-10)9-16(19)13-4-2-3-5-15(13)18/h2-8,10,20H,9H2,1H3. The number of rotatable bonds is 3. The third-order valence-corrected chi connectivity index (χ3v) is 3.73. The lowest BCUT2D eigenvalue weighted by molar-refractivity contribution is 0.0989. The zero-order valence-corrected chi connectivity index (χ0v) is 11.5. The van der Waals surface area contributed by atoms with Gasteiger partial charge in [-0.05, 0) is 35.6 Å². The summed E-state index contributed by atoms with van der Waals surface area (Å²) in [6, 6.07) is 11.4. The first-order valence-corrected chi connectivity index (χ1v) is 6.80. The van der Waals surface area contributed by atoms with Gasteiger partial charge in [0, 0.05) is 6.42 Å². The van der Waals surface area contributed by atoms with E-state index in [2.05, 4.69) is 0 Å². The summed E-state index contributed by atoms with van der Waals surface area (Å²) >= 11 is 0. The van der Waals surface area contributed by atoms with Gasteiger partial charge in [-0.25, -0.2) is 4.39 Å². The molecule has 0 aliphatic carbocycles. The molecule has 1 heterocycles. The molecule has 0 saturated heterocycles. The fraction of sp³-hybridized carbons (Fsp3) is 0.188. The fourth-order valence-electron chi connectivity index (χ4n) is 2.63. The van der Waals surface area contributed by atoms with Gasteiger partial charge in [0.1, 0.15) is 5.82 Å². The Hall–Kier alpha value is -1.98. The van der Waals surface area contributed by atoms with Crippen LogP contribution in [0.3, 0.4) is 0 Å². The van der Waals surface area contributed by atoms with E-state index in [1.165, 1.54) is 12.1 Å². The third kappa shape index (κ3) is 2.62. The Balaban J connectivity index is 1.85. The molecule has 2 aromatic carbocycles. The van der Waals surface area contributed by atoms with Crippen LogP contribution in [0, 0.1) is 5.82 Å². The number of Topliss-reactive ketones (excluding diaryl/α,β-unsaturated/α-hetero) is 1. The van der Waals surface area contributed by atoms with E-state index in [1.54, 1.807) is 18.2 Å². The maximum atomic E-state index is 13.6. The Kier molecular flexibility index (Phi) is 3.61. The monoisotopic (exact) mass is 284 g/mol. The van der Waals surface area contributed by atoms with Crippen molar-refractivity contribution in [3.05, 3.63) is 65.0 Å². The average Bonchev–Trinajstić information content (AvgIpc) is 2.74. The van der Waals surface area contributed by atoms with E-state index in [1.807, 2.05) is 19.1 Å². The van der Waals surface area contributed by atoms with Gasteiger partial charge in [-0.15, -0.1) is 0 Å². The van der Waals surface area contributed by atoms with Crippen molar-refractivity contribution in [3.8, 4) is 0 Å². The number of halogens is 1. The van der Waals surface area contributed by atoms with Crippen molar-refractivity contribution in [1.29, 1.82) is 0 Å². The summed E-state index contributed by atoms with van der Waals surface area (Å²) in [7, 11) is -0.960. The maximum Gasteiger partial charge on any atom is 0.491 e. The maximum absolute atomic E-state index is 13.6. The van der Waals surface area contributed by atoms with Crippen LogP contribution in [0.5, 0.6) is 0 Å². The Morgan fingerprint density at radius 3 is 2.86 bits per heavy atom. The van der Waals surface area contributed by atoms with Crippen molar-refractivity contribution < 1.29 is 18.9 Å². The molecule has 2 aromatic rings. The van der Waals surface area contributed by atoms with Crippen molar-refractivity contribution in [2.75, 3.05) is 0 Å². The number of hydrogen-bond acceptors (Lipinski definition) is 3. The number of fused-ring (bicyclic) bond motifs is 1. The summed E-state index contributed by atoms with van der Waals surface area (Å²) < 4.78 is 18.9. The molecule has 1 aliphatic rings. The first-order chi connectivity index (χ1) is 10.1. The first-order valence-electron chi connectivity index (χ1n) is 6.80.